The molecule has 0 heterocycles. The highest BCUT2D eigenvalue weighted by molar-refractivity contribution is 4.52. The summed E-state index contributed by atoms with van der Waals surface area (Å²) in [5.41, 5.74) is 13.9. The molecule has 84 valence electrons. The van der Waals surface area contributed by atoms with Gasteiger partial charge in [0.2, 0.25) is 0 Å². The Balaban J connectivity index is 2.78. The van der Waals surface area contributed by atoms with E-state index in [1.807, 2.05) is 0 Å². The largest absolute Gasteiger partial charge is 0.317 e. The number of hydrogen-bond donors (Lipinski definition) is 2. The molecule has 0 aliphatic carbocycles. The Morgan fingerprint density at radius 3 is 1.29 bits per heavy atom. The number of nitrogens with one attached hydrogen (secondary N) is 4. The predicted octanol–water partition coefficient (Wildman–Crippen LogP) is 0.292. The molecule has 2 radical (unpaired) electrons. The summed E-state index contributed by atoms with van der Waals surface area (Å²) in [7, 11) is 0. The van der Waals surface area contributed by atoms with Crippen LogP contribution < -0.4 is 22.1 Å². The monoisotopic (exact) mass is 200 g/mol. The van der Waals surface area contributed by atoms with E-state index < -0.39 is 0 Å². The van der Waals surface area contributed by atoms with Gasteiger partial charge in [0.05, 0.1) is 0 Å². The van der Waals surface area contributed by atoms with E-state index in [1.165, 1.54) is 12.8 Å². The fourth-order valence-corrected chi connectivity index (χ4v) is 1.18. The summed E-state index contributed by atoms with van der Waals surface area (Å²) < 4.78 is 0. The van der Waals surface area contributed by atoms with Crippen LogP contribution in [-0.2, 0) is 0 Å². The average molecular weight is 200 g/mol. The van der Waals surface area contributed by atoms with Crippen LogP contribution in [0.25, 0.3) is 0 Å². The van der Waals surface area contributed by atoms with Gasteiger partial charge in [-0.25, -0.2) is 0 Å². The van der Waals surface area contributed by atoms with Gasteiger partial charge in [-0.15, -0.1) is 0 Å². The van der Waals surface area contributed by atoms with E-state index in [1.54, 1.807) is 0 Å². The maximum Gasteiger partial charge on any atom is 0.0112 e. The van der Waals surface area contributed by atoms with E-state index in [9.17, 15) is 0 Å². The summed E-state index contributed by atoms with van der Waals surface area (Å²) >= 11 is 0. The van der Waals surface area contributed by atoms with Gasteiger partial charge >= 0.3 is 0 Å². The molecule has 14 heavy (non-hydrogen) atoms. The van der Waals surface area contributed by atoms with Gasteiger partial charge in [-0.2, -0.15) is 0 Å². The van der Waals surface area contributed by atoms with Crippen LogP contribution in [0.5, 0.6) is 0 Å². The second kappa shape index (κ2) is 12.8. The molecule has 0 rings (SSSR count). The molecule has 0 aliphatic rings. The lowest BCUT2D eigenvalue weighted by molar-refractivity contribution is 0.569. The first-order chi connectivity index (χ1) is 6.91. The summed E-state index contributed by atoms with van der Waals surface area (Å²) in [6, 6.07) is 0. The molecule has 0 fully saturated rings. The van der Waals surface area contributed by atoms with E-state index >= 15 is 0 Å². The van der Waals surface area contributed by atoms with E-state index in [4.69, 9.17) is 11.5 Å². The van der Waals surface area contributed by atoms with Crippen LogP contribution in [0.4, 0.5) is 0 Å². The Morgan fingerprint density at radius 2 is 0.929 bits per heavy atom. The van der Waals surface area contributed by atoms with Gasteiger partial charge in [0.1, 0.15) is 0 Å². The highest BCUT2D eigenvalue weighted by Crippen LogP contribution is 1.85. The van der Waals surface area contributed by atoms with Crippen LogP contribution in [-0.4, -0.2) is 39.3 Å². The number of unbranched alkanes of at least 4 members (excludes halogenated alkanes) is 1. The second-order valence-corrected chi connectivity index (χ2v) is 3.41. The highest BCUT2D eigenvalue weighted by atomic mass is 14.9. The minimum Gasteiger partial charge on any atom is -0.317 e. The molecule has 0 amide bonds. The quantitative estimate of drug-likeness (QED) is 0.471. The van der Waals surface area contributed by atoms with Crippen molar-refractivity contribution in [3.8, 4) is 0 Å². The lowest BCUT2D eigenvalue weighted by atomic mass is 10.3. The zero-order chi connectivity index (χ0) is 10.5. The Hall–Kier alpha value is -0.160. The SMILES string of the molecule is [NH]CCCNCCCCNCCC[NH]. The molecule has 0 aromatic carbocycles. The van der Waals surface area contributed by atoms with Gasteiger partial charge in [0, 0.05) is 13.1 Å². The van der Waals surface area contributed by atoms with E-state index in [2.05, 4.69) is 10.6 Å². The van der Waals surface area contributed by atoms with E-state index in [-0.39, 0.29) is 0 Å². The summed E-state index contributed by atoms with van der Waals surface area (Å²) in [4.78, 5) is 0. The van der Waals surface area contributed by atoms with Crippen LogP contribution in [0.2, 0.25) is 0 Å². The third-order valence-corrected chi connectivity index (χ3v) is 2.02. The van der Waals surface area contributed by atoms with Crippen molar-refractivity contribution < 1.29 is 0 Å². The summed E-state index contributed by atoms with van der Waals surface area (Å²) in [6.07, 6.45) is 4.32. The van der Waals surface area contributed by atoms with E-state index in [0.717, 1.165) is 39.0 Å². The van der Waals surface area contributed by atoms with Gasteiger partial charge in [0.25, 0.3) is 0 Å². The first-order valence-electron chi connectivity index (χ1n) is 5.62. The highest BCUT2D eigenvalue weighted by Gasteiger charge is 1.89. The smallest absolute Gasteiger partial charge is 0.0112 e. The fourth-order valence-electron chi connectivity index (χ4n) is 1.18. The van der Waals surface area contributed by atoms with Crippen molar-refractivity contribution in [3.05, 3.63) is 0 Å². The summed E-state index contributed by atoms with van der Waals surface area (Å²) in [5, 5.41) is 6.62. The molecule has 0 bridgehead atoms. The first kappa shape index (κ1) is 13.8. The van der Waals surface area contributed by atoms with Crippen molar-refractivity contribution in [1.82, 2.24) is 22.1 Å². The summed E-state index contributed by atoms with van der Waals surface area (Å²) in [5.74, 6) is 0. The van der Waals surface area contributed by atoms with E-state index in [0.29, 0.717) is 13.1 Å². The van der Waals surface area contributed by atoms with Crippen LogP contribution >= 0.6 is 0 Å². The van der Waals surface area contributed by atoms with Crippen LogP contribution in [0, 0.1) is 0 Å². The molecule has 0 aliphatic heterocycles. The minimum atomic E-state index is 0.529. The van der Waals surface area contributed by atoms with Crippen molar-refractivity contribution in [3.63, 3.8) is 0 Å². The number of rotatable bonds is 11. The van der Waals surface area contributed by atoms with Gasteiger partial charge in [-0.05, 0) is 51.9 Å². The predicted molar refractivity (Wildman–Crippen MR) is 60.1 cm³/mol. The van der Waals surface area contributed by atoms with Crippen LogP contribution in [0.15, 0.2) is 0 Å². The van der Waals surface area contributed by atoms with Gasteiger partial charge in [-0.3, -0.25) is 11.5 Å². The molecule has 4 N–H and O–H groups in total. The zero-order valence-electron chi connectivity index (χ0n) is 9.07. The first-order valence-corrected chi connectivity index (χ1v) is 5.62. The molecule has 4 nitrogen and oxygen atoms in total. The molecular weight excluding hydrogens is 176 g/mol. The number of hydrogen-bond acceptors (Lipinski definition) is 2. The van der Waals surface area contributed by atoms with Crippen molar-refractivity contribution in [2.24, 2.45) is 0 Å². The van der Waals surface area contributed by atoms with Gasteiger partial charge in [0.15, 0.2) is 0 Å². The van der Waals surface area contributed by atoms with Gasteiger partial charge in [-0.1, -0.05) is 0 Å². The Bertz CT molecular complexity index is 86.1. The summed E-state index contributed by atoms with van der Waals surface area (Å²) in [6.45, 7) is 5.16. The van der Waals surface area contributed by atoms with Crippen molar-refractivity contribution >= 4 is 0 Å². The second-order valence-electron chi connectivity index (χ2n) is 3.41. The molecule has 0 atom stereocenters. The Morgan fingerprint density at radius 1 is 0.571 bits per heavy atom. The molecule has 4 heteroatoms. The molecule has 0 saturated heterocycles. The van der Waals surface area contributed by atoms with Crippen LogP contribution in [0.3, 0.4) is 0 Å². The maximum atomic E-state index is 6.95. The lowest BCUT2D eigenvalue weighted by Gasteiger charge is -2.04. The molecule has 0 aromatic rings. The zero-order valence-corrected chi connectivity index (χ0v) is 9.07. The third-order valence-electron chi connectivity index (χ3n) is 2.02. The standard InChI is InChI=1S/C10H24N4/c11-5-3-9-13-7-1-2-8-14-10-4-6-12/h11-14H,1-10H2. The lowest BCUT2D eigenvalue weighted by Crippen LogP contribution is -2.21. The Labute approximate surface area is 87.8 Å². The van der Waals surface area contributed by atoms with Crippen molar-refractivity contribution in [2.75, 3.05) is 39.3 Å². The molecular formula is C10H24N4. The molecule has 0 spiro atoms. The van der Waals surface area contributed by atoms with Crippen molar-refractivity contribution in [2.45, 2.75) is 25.7 Å². The fraction of sp³-hybridized carbons (Fsp3) is 1.00. The molecule has 0 saturated carbocycles. The topological polar surface area (TPSA) is 71.7 Å². The van der Waals surface area contributed by atoms with Crippen LogP contribution in [0.1, 0.15) is 25.7 Å². The maximum absolute atomic E-state index is 6.95. The average Bonchev–Trinajstić information content (AvgIpc) is 2.21. The normalized spacial score (nSPS) is 10.7. The minimum absolute atomic E-state index is 0.529. The molecule has 0 unspecified atom stereocenters. The third kappa shape index (κ3) is 11.8. The van der Waals surface area contributed by atoms with Gasteiger partial charge < -0.3 is 10.6 Å². The van der Waals surface area contributed by atoms with Crippen molar-refractivity contribution in [1.29, 1.82) is 0 Å². The Kier molecular flexibility index (Phi) is 12.7. The molecule has 0 aromatic heterocycles.